The van der Waals surface area contributed by atoms with Crippen molar-refractivity contribution in [3.8, 4) is 11.5 Å². The lowest BCUT2D eigenvalue weighted by Gasteiger charge is -2.24. The molecule has 0 radical (unpaired) electrons. The van der Waals surface area contributed by atoms with Crippen LogP contribution in [0.5, 0.6) is 11.5 Å². The summed E-state index contributed by atoms with van der Waals surface area (Å²) in [5.41, 5.74) is 5.07. The fourth-order valence-electron chi connectivity index (χ4n) is 1.35. The Balaban J connectivity index is 3.18. The van der Waals surface area contributed by atoms with Gasteiger partial charge in [-0.15, -0.1) is 0 Å². The summed E-state index contributed by atoms with van der Waals surface area (Å²) in [6, 6.07) is 5.24. The highest BCUT2D eigenvalue weighted by Gasteiger charge is 2.25. The monoisotopic (exact) mass is 211 g/mol. The highest BCUT2D eigenvalue weighted by molar-refractivity contribution is 5.43. The van der Waals surface area contributed by atoms with E-state index in [1.807, 2.05) is 0 Å². The number of methoxy groups -OCH3 is 2. The van der Waals surface area contributed by atoms with Gasteiger partial charge in [-0.2, -0.15) is 0 Å². The van der Waals surface area contributed by atoms with Crippen molar-refractivity contribution in [1.82, 2.24) is 0 Å². The summed E-state index contributed by atoms with van der Waals surface area (Å²) < 4.78 is 10.2. The van der Waals surface area contributed by atoms with E-state index in [2.05, 4.69) is 0 Å². The van der Waals surface area contributed by atoms with E-state index in [1.165, 1.54) is 0 Å². The number of nitrogens with two attached hydrogens (primary N) is 1. The number of rotatable bonds is 4. The summed E-state index contributed by atoms with van der Waals surface area (Å²) in [5.74, 6) is 1.26. The SMILES string of the molecule is COc1ccc([C@@](C)(O)CN)c(OC)c1. The summed E-state index contributed by atoms with van der Waals surface area (Å²) in [5, 5.41) is 10.0. The second-order valence-corrected chi connectivity index (χ2v) is 3.54. The summed E-state index contributed by atoms with van der Waals surface area (Å²) in [6.45, 7) is 1.78. The molecule has 0 spiro atoms. The summed E-state index contributed by atoms with van der Waals surface area (Å²) >= 11 is 0. The highest BCUT2D eigenvalue weighted by atomic mass is 16.5. The topological polar surface area (TPSA) is 64.7 Å². The smallest absolute Gasteiger partial charge is 0.128 e. The first kappa shape index (κ1) is 11.8. The predicted molar refractivity (Wildman–Crippen MR) is 58.2 cm³/mol. The minimum Gasteiger partial charge on any atom is -0.497 e. The highest BCUT2D eigenvalue weighted by Crippen LogP contribution is 2.32. The van der Waals surface area contributed by atoms with E-state index in [0.29, 0.717) is 17.1 Å². The van der Waals surface area contributed by atoms with Gasteiger partial charge in [0, 0.05) is 18.2 Å². The van der Waals surface area contributed by atoms with Crippen LogP contribution in [0.3, 0.4) is 0 Å². The molecule has 0 bridgehead atoms. The molecule has 0 aliphatic carbocycles. The van der Waals surface area contributed by atoms with Crippen LogP contribution in [0.2, 0.25) is 0 Å². The van der Waals surface area contributed by atoms with Crippen LogP contribution in [0, 0.1) is 0 Å². The van der Waals surface area contributed by atoms with E-state index in [-0.39, 0.29) is 6.54 Å². The average Bonchev–Trinajstić information content (AvgIpc) is 2.28. The zero-order valence-electron chi connectivity index (χ0n) is 9.28. The normalized spacial score (nSPS) is 14.5. The van der Waals surface area contributed by atoms with Gasteiger partial charge in [-0.25, -0.2) is 0 Å². The second kappa shape index (κ2) is 4.51. The van der Waals surface area contributed by atoms with Crippen molar-refractivity contribution in [1.29, 1.82) is 0 Å². The lowest BCUT2D eigenvalue weighted by molar-refractivity contribution is 0.0640. The molecule has 1 rings (SSSR count). The lowest BCUT2D eigenvalue weighted by Crippen LogP contribution is -2.31. The zero-order valence-corrected chi connectivity index (χ0v) is 9.28. The molecule has 15 heavy (non-hydrogen) atoms. The molecule has 4 heteroatoms. The van der Waals surface area contributed by atoms with Gasteiger partial charge in [-0.1, -0.05) is 0 Å². The van der Waals surface area contributed by atoms with Crippen molar-refractivity contribution in [3.63, 3.8) is 0 Å². The standard InChI is InChI=1S/C11H17NO3/c1-11(13,7-12)9-5-4-8(14-2)6-10(9)15-3/h4-6,13H,7,12H2,1-3H3/t11-/m0/s1. The summed E-state index contributed by atoms with van der Waals surface area (Å²) in [4.78, 5) is 0. The summed E-state index contributed by atoms with van der Waals surface area (Å²) in [6.07, 6.45) is 0. The van der Waals surface area contributed by atoms with Crippen LogP contribution in [-0.2, 0) is 5.60 Å². The first-order valence-electron chi connectivity index (χ1n) is 4.70. The molecule has 0 unspecified atom stereocenters. The van der Waals surface area contributed by atoms with Crippen molar-refractivity contribution < 1.29 is 14.6 Å². The Kier molecular flexibility index (Phi) is 3.55. The number of benzene rings is 1. The summed E-state index contributed by atoms with van der Waals surface area (Å²) in [7, 11) is 3.13. The molecule has 0 saturated heterocycles. The molecule has 0 heterocycles. The van der Waals surface area contributed by atoms with Crippen molar-refractivity contribution >= 4 is 0 Å². The maximum atomic E-state index is 10.0. The Bertz CT molecular complexity index is 337. The number of hydrogen-bond donors (Lipinski definition) is 2. The maximum absolute atomic E-state index is 10.0. The Hall–Kier alpha value is -1.26. The third-order valence-electron chi connectivity index (χ3n) is 2.39. The van der Waals surface area contributed by atoms with Gasteiger partial charge in [-0.05, 0) is 19.1 Å². The van der Waals surface area contributed by atoms with E-state index in [4.69, 9.17) is 15.2 Å². The van der Waals surface area contributed by atoms with Crippen LogP contribution in [0.25, 0.3) is 0 Å². The van der Waals surface area contributed by atoms with E-state index in [1.54, 1.807) is 39.3 Å². The van der Waals surface area contributed by atoms with Crippen molar-refractivity contribution in [2.75, 3.05) is 20.8 Å². The van der Waals surface area contributed by atoms with Crippen LogP contribution in [0.1, 0.15) is 12.5 Å². The van der Waals surface area contributed by atoms with Gasteiger partial charge < -0.3 is 20.3 Å². The number of ether oxygens (including phenoxy) is 2. The number of hydrogen-bond acceptors (Lipinski definition) is 4. The molecule has 0 aliphatic rings. The average molecular weight is 211 g/mol. The van der Waals surface area contributed by atoms with Gasteiger partial charge in [0.05, 0.1) is 14.2 Å². The Morgan fingerprint density at radius 1 is 1.33 bits per heavy atom. The molecule has 0 amide bonds. The van der Waals surface area contributed by atoms with Gasteiger partial charge in [0.25, 0.3) is 0 Å². The van der Waals surface area contributed by atoms with Crippen LogP contribution < -0.4 is 15.2 Å². The molecule has 1 atom stereocenters. The number of aliphatic hydroxyl groups is 1. The molecule has 0 saturated carbocycles. The minimum absolute atomic E-state index is 0.135. The molecule has 0 aromatic heterocycles. The van der Waals surface area contributed by atoms with Crippen LogP contribution in [0.15, 0.2) is 18.2 Å². The van der Waals surface area contributed by atoms with Gasteiger partial charge in [0.15, 0.2) is 0 Å². The zero-order chi connectivity index (χ0) is 11.5. The molecule has 0 fully saturated rings. The van der Waals surface area contributed by atoms with Crippen molar-refractivity contribution in [3.05, 3.63) is 23.8 Å². The van der Waals surface area contributed by atoms with E-state index >= 15 is 0 Å². The van der Waals surface area contributed by atoms with Gasteiger partial charge in [-0.3, -0.25) is 0 Å². The first-order valence-corrected chi connectivity index (χ1v) is 4.70. The third-order valence-corrected chi connectivity index (χ3v) is 2.39. The van der Waals surface area contributed by atoms with Crippen molar-refractivity contribution in [2.24, 2.45) is 5.73 Å². The molecule has 1 aromatic rings. The molecular weight excluding hydrogens is 194 g/mol. The lowest BCUT2D eigenvalue weighted by atomic mass is 9.95. The fraction of sp³-hybridized carbons (Fsp3) is 0.455. The third kappa shape index (κ3) is 2.40. The Labute approximate surface area is 89.6 Å². The van der Waals surface area contributed by atoms with Crippen LogP contribution >= 0.6 is 0 Å². The second-order valence-electron chi connectivity index (χ2n) is 3.54. The molecule has 84 valence electrons. The molecular formula is C11H17NO3. The Morgan fingerprint density at radius 3 is 2.47 bits per heavy atom. The van der Waals surface area contributed by atoms with E-state index < -0.39 is 5.60 Å². The fourth-order valence-corrected chi connectivity index (χ4v) is 1.35. The van der Waals surface area contributed by atoms with Crippen LogP contribution in [0.4, 0.5) is 0 Å². The van der Waals surface area contributed by atoms with E-state index in [0.717, 1.165) is 0 Å². The van der Waals surface area contributed by atoms with Gasteiger partial charge >= 0.3 is 0 Å². The molecule has 3 N–H and O–H groups in total. The molecule has 1 aromatic carbocycles. The van der Waals surface area contributed by atoms with E-state index in [9.17, 15) is 5.11 Å². The molecule has 0 aliphatic heterocycles. The largest absolute Gasteiger partial charge is 0.497 e. The molecule has 4 nitrogen and oxygen atoms in total. The minimum atomic E-state index is -1.09. The maximum Gasteiger partial charge on any atom is 0.128 e. The van der Waals surface area contributed by atoms with Crippen molar-refractivity contribution in [2.45, 2.75) is 12.5 Å². The van der Waals surface area contributed by atoms with Gasteiger partial charge in [0.1, 0.15) is 17.1 Å². The quantitative estimate of drug-likeness (QED) is 0.775. The Morgan fingerprint density at radius 2 is 2.00 bits per heavy atom. The predicted octanol–water partition coefficient (Wildman–Crippen LogP) is 0.870. The van der Waals surface area contributed by atoms with Gasteiger partial charge in [0.2, 0.25) is 0 Å². The first-order chi connectivity index (χ1) is 7.05. The van der Waals surface area contributed by atoms with Crippen LogP contribution in [-0.4, -0.2) is 25.9 Å².